The maximum Gasteiger partial charge on any atom is 0.0295 e. The summed E-state index contributed by atoms with van der Waals surface area (Å²) in [6, 6.07) is 19.9. The summed E-state index contributed by atoms with van der Waals surface area (Å²) in [5, 5.41) is 8.31. The molecule has 0 nitrogen and oxygen atoms in total. The molecule has 0 N–H and O–H groups in total. The number of fused-ring (bicyclic) bond motifs is 2. The van der Waals surface area contributed by atoms with Crippen LogP contribution in [0.3, 0.4) is 0 Å². The highest BCUT2D eigenvalue weighted by Gasteiger charge is 2.21. The highest BCUT2D eigenvalue weighted by molar-refractivity contribution is 9.10. The fourth-order valence-corrected chi connectivity index (χ4v) is 4.36. The fourth-order valence-electron chi connectivity index (χ4n) is 3.68. The second-order valence-electron chi connectivity index (χ2n) is 5.52. The lowest BCUT2D eigenvalue weighted by Gasteiger charge is -2.10. The van der Waals surface area contributed by atoms with Gasteiger partial charge in [0.25, 0.3) is 0 Å². The van der Waals surface area contributed by atoms with Gasteiger partial charge in [-0.25, -0.2) is 0 Å². The summed E-state index contributed by atoms with van der Waals surface area (Å²) in [6.07, 6.45) is 1.04. The van der Waals surface area contributed by atoms with Gasteiger partial charge in [0.2, 0.25) is 0 Å². The molecule has 0 amide bonds. The van der Waals surface area contributed by atoms with Crippen molar-refractivity contribution in [2.45, 2.75) is 6.42 Å². The zero-order valence-corrected chi connectivity index (χ0v) is 12.4. The molecule has 4 aromatic carbocycles. The molecule has 0 spiro atoms. The van der Waals surface area contributed by atoms with Gasteiger partial charge in [0.1, 0.15) is 0 Å². The third kappa shape index (κ3) is 1.17. The molecule has 0 unspecified atom stereocenters. The standard InChI is InChI=1S/C19H11Br/c20-19-15-7-2-1-6-13(15)14-9-8-11-4-3-5-12-10-16(19)18(14)17(11)12/h1-9H,10H2. The molecule has 1 aliphatic carbocycles. The minimum Gasteiger partial charge on any atom is -0.0616 e. The molecule has 1 aliphatic rings. The predicted octanol–water partition coefficient (Wildman–Crippen LogP) is 5.81. The molecule has 0 atom stereocenters. The van der Waals surface area contributed by atoms with E-state index >= 15 is 0 Å². The van der Waals surface area contributed by atoms with Crippen molar-refractivity contribution in [3.05, 3.63) is 70.2 Å². The van der Waals surface area contributed by atoms with Crippen molar-refractivity contribution in [2.24, 2.45) is 0 Å². The highest BCUT2D eigenvalue weighted by atomic mass is 79.9. The van der Waals surface area contributed by atoms with Crippen molar-refractivity contribution in [1.82, 2.24) is 0 Å². The Hall–Kier alpha value is -1.86. The Morgan fingerprint density at radius 3 is 2.45 bits per heavy atom. The number of benzene rings is 4. The van der Waals surface area contributed by atoms with Gasteiger partial charge in [-0.1, -0.05) is 54.6 Å². The van der Waals surface area contributed by atoms with Crippen molar-refractivity contribution >= 4 is 48.2 Å². The summed E-state index contributed by atoms with van der Waals surface area (Å²) in [7, 11) is 0. The highest BCUT2D eigenvalue weighted by Crippen LogP contribution is 2.45. The Kier molecular flexibility index (Phi) is 1.97. The van der Waals surface area contributed by atoms with Gasteiger partial charge in [-0.2, -0.15) is 0 Å². The number of hydrogen-bond acceptors (Lipinski definition) is 0. The van der Waals surface area contributed by atoms with Gasteiger partial charge < -0.3 is 0 Å². The first-order valence-corrected chi connectivity index (χ1v) is 7.67. The molecule has 0 fully saturated rings. The van der Waals surface area contributed by atoms with Crippen LogP contribution in [0.4, 0.5) is 0 Å². The largest absolute Gasteiger partial charge is 0.0616 e. The molecule has 0 aromatic heterocycles. The zero-order valence-electron chi connectivity index (χ0n) is 10.8. The monoisotopic (exact) mass is 318 g/mol. The van der Waals surface area contributed by atoms with Crippen LogP contribution < -0.4 is 0 Å². The van der Waals surface area contributed by atoms with E-state index in [1.165, 1.54) is 47.9 Å². The second kappa shape index (κ2) is 3.62. The molecule has 1 heteroatoms. The Bertz CT molecular complexity index is 1030. The van der Waals surface area contributed by atoms with Crippen LogP contribution in [-0.2, 0) is 6.42 Å². The van der Waals surface area contributed by atoms with Crippen LogP contribution in [0.15, 0.2) is 59.1 Å². The van der Waals surface area contributed by atoms with Gasteiger partial charge in [0.05, 0.1) is 0 Å². The molecule has 4 aromatic rings. The molecule has 94 valence electrons. The first kappa shape index (κ1) is 10.9. The van der Waals surface area contributed by atoms with Crippen molar-refractivity contribution in [2.75, 3.05) is 0 Å². The van der Waals surface area contributed by atoms with Gasteiger partial charge in [-0.15, -0.1) is 0 Å². The molecule has 5 rings (SSSR count). The quantitative estimate of drug-likeness (QED) is 0.316. The predicted molar refractivity (Wildman–Crippen MR) is 89.5 cm³/mol. The first-order valence-electron chi connectivity index (χ1n) is 6.88. The molecular weight excluding hydrogens is 308 g/mol. The molecule has 0 bridgehead atoms. The Balaban J connectivity index is 2.19. The molecule has 0 saturated carbocycles. The maximum absolute atomic E-state index is 3.85. The second-order valence-corrected chi connectivity index (χ2v) is 6.31. The van der Waals surface area contributed by atoms with Crippen LogP contribution >= 0.6 is 15.9 Å². The van der Waals surface area contributed by atoms with E-state index in [0.29, 0.717) is 0 Å². The van der Waals surface area contributed by atoms with E-state index in [0.717, 1.165) is 6.42 Å². The Labute approximate surface area is 125 Å². The van der Waals surface area contributed by atoms with Crippen molar-refractivity contribution < 1.29 is 0 Å². The van der Waals surface area contributed by atoms with E-state index in [4.69, 9.17) is 0 Å². The van der Waals surface area contributed by atoms with Gasteiger partial charge >= 0.3 is 0 Å². The Morgan fingerprint density at radius 2 is 1.55 bits per heavy atom. The summed E-state index contributed by atoms with van der Waals surface area (Å²) < 4.78 is 1.27. The third-order valence-electron chi connectivity index (χ3n) is 4.52. The number of halogens is 1. The normalized spacial score (nSPS) is 13.1. The molecule has 0 heterocycles. The molecule has 0 aliphatic heterocycles. The lowest BCUT2D eigenvalue weighted by Crippen LogP contribution is -1.86. The van der Waals surface area contributed by atoms with Crippen LogP contribution in [0.5, 0.6) is 0 Å². The average Bonchev–Trinajstić information content (AvgIpc) is 2.89. The fraction of sp³-hybridized carbons (Fsp3) is 0.0526. The number of rotatable bonds is 0. The van der Waals surface area contributed by atoms with E-state index in [2.05, 4.69) is 70.5 Å². The van der Waals surface area contributed by atoms with Crippen molar-refractivity contribution in [1.29, 1.82) is 0 Å². The zero-order chi connectivity index (χ0) is 13.3. The smallest absolute Gasteiger partial charge is 0.0295 e. The molecular formula is C19H11Br. The van der Waals surface area contributed by atoms with Gasteiger partial charge in [0.15, 0.2) is 0 Å². The van der Waals surface area contributed by atoms with E-state index in [1.807, 2.05) is 0 Å². The van der Waals surface area contributed by atoms with Gasteiger partial charge in [0, 0.05) is 4.47 Å². The first-order chi connectivity index (χ1) is 9.84. The third-order valence-corrected chi connectivity index (χ3v) is 5.43. The van der Waals surface area contributed by atoms with E-state index in [1.54, 1.807) is 0 Å². The SMILES string of the molecule is Brc1c2c3c(ccc4cccc(c43)C2)c2ccccc12. The summed E-state index contributed by atoms with van der Waals surface area (Å²) in [5.74, 6) is 0. The summed E-state index contributed by atoms with van der Waals surface area (Å²) in [6.45, 7) is 0. The van der Waals surface area contributed by atoms with Gasteiger partial charge in [-0.3, -0.25) is 0 Å². The molecule has 0 radical (unpaired) electrons. The summed E-state index contributed by atoms with van der Waals surface area (Å²) in [5.41, 5.74) is 2.91. The van der Waals surface area contributed by atoms with Crippen molar-refractivity contribution in [3.63, 3.8) is 0 Å². The van der Waals surface area contributed by atoms with Crippen LogP contribution in [0.2, 0.25) is 0 Å². The minimum atomic E-state index is 1.04. The van der Waals surface area contributed by atoms with E-state index in [9.17, 15) is 0 Å². The lowest BCUT2D eigenvalue weighted by atomic mass is 9.97. The average molecular weight is 319 g/mol. The van der Waals surface area contributed by atoms with Crippen molar-refractivity contribution in [3.8, 4) is 0 Å². The van der Waals surface area contributed by atoms with E-state index < -0.39 is 0 Å². The van der Waals surface area contributed by atoms with Crippen LogP contribution in [0.25, 0.3) is 32.3 Å². The van der Waals surface area contributed by atoms with Crippen LogP contribution in [-0.4, -0.2) is 0 Å². The maximum atomic E-state index is 3.85. The molecule has 0 saturated heterocycles. The topological polar surface area (TPSA) is 0 Å². The lowest BCUT2D eigenvalue weighted by molar-refractivity contribution is 1.27. The summed E-state index contributed by atoms with van der Waals surface area (Å²) in [4.78, 5) is 0. The van der Waals surface area contributed by atoms with Gasteiger partial charge in [-0.05, 0) is 65.8 Å². The van der Waals surface area contributed by atoms with Crippen LogP contribution in [0.1, 0.15) is 11.1 Å². The number of hydrogen-bond donors (Lipinski definition) is 0. The van der Waals surface area contributed by atoms with Crippen LogP contribution in [0, 0.1) is 0 Å². The molecule has 20 heavy (non-hydrogen) atoms. The van der Waals surface area contributed by atoms with E-state index in [-0.39, 0.29) is 0 Å². The summed E-state index contributed by atoms with van der Waals surface area (Å²) >= 11 is 3.85. The Morgan fingerprint density at radius 1 is 0.700 bits per heavy atom. The minimum absolute atomic E-state index is 1.04.